The Labute approximate surface area is 123 Å². The largest absolute Gasteiger partial charge is 0.345 e. The summed E-state index contributed by atoms with van der Waals surface area (Å²) in [5.41, 5.74) is 2.35. The molecule has 0 bridgehead atoms. The lowest BCUT2D eigenvalue weighted by atomic mass is 10.0. The van der Waals surface area contributed by atoms with Crippen molar-refractivity contribution in [3.05, 3.63) is 50.7 Å². The molecule has 0 aliphatic carbocycles. The zero-order valence-corrected chi connectivity index (χ0v) is 12.4. The average Bonchev–Trinajstić information content (AvgIpc) is 2.61. The van der Waals surface area contributed by atoms with Gasteiger partial charge in [-0.3, -0.25) is 4.57 Å². The Hall–Kier alpha value is -1.55. The third-order valence-electron chi connectivity index (χ3n) is 3.87. The van der Waals surface area contributed by atoms with Gasteiger partial charge in [-0.2, -0.15) is 5.10 Å². The molecule has 0 radical (unpaired) electrons. The highest BCUT2D eigenvalue weighted by Gasteiger charge is 2.19. The molecule has 0 unspecified atom stereocenters. The lowest BCUT2D eigenvalue weighted by molar-refractivity contribution is 0.540. The second kappa shape index (κ2) is 5.44. The molecule has 2 heterocycles. The lowest BCUT2D eigenvalue weighted by Crippen LogP contribution is -2.25. The van der Waals surface area contributed by atoms with Crippen molar-refractivity contribution < 1.29 is 0 Å². The van der Waals surface area contributed by atoms with Gasteiger partial charge in [-0.1, -0.05) is 37.1 Å². The number of unbranched alkanes of at least 4 members (excludes halogenated alkanes) is 1. The van der Waals surface area contributed by atoms with Crippen molar-refractivity contribution in [3.63, 3.8) is 0 Å². The van der Waals surface area contributed by atoms with Gasteiger partial charge in [0, 0.05) is 24.5 Å². The monoisotopic (exact) mass is 291 g/mol. The molecule has 0 fully saturated rings. The van der Waals surface area contributed by atoms with E-state index in [2.05, 4.69) is 18.1 Å². The van der Waals surface area contributed by atoms with E-state index in [-0.39, 0.29) is 5.69 Å². The van der Waals surface area contributed by atoms with Gasteiger partial charge < -0.3 is 0 Å². The van der Waals surface area contributed by atoms with Gasteiger partial charge in [0.05, 0.1) is 0 Å². The second-order valence-corrected chi connectivity index (χ2v) is 5.64. The molecule has 1 aliphatic rings. The van der Waals surface area contributed by atoms with Crippen LogP contribution in [0.1, 0.15) is 36.7 Å². The Bertz CT molecular complexity index is 687. The fourth-order valence-electron chi connectivity index (χ4n) is 2.74. The lowest BCUT2D eigenvalue weighted by Gasteiger charge is -2.06. The molecule has 5 heteroatoms. The van der Waals surface area contributed by atoms with Crippen molar-refractivity contribution in [1.29, 1.82) is 0 Å². The van der Waals surface area contributed by atoms with Crippen LogP contribution in [0, 0.1) is 0 Å². The summed E-state index contributed by atoms with van der Waals surface area (Å²) >= 11 is 6.25. The fourth-order valence-corrected chi connectivity index (χ4v) is 3.03. The van der Waals surface area contributed by atoms with Crippen molar-refractivity contribution in [2.45, 2.75) is 45.7 Å². The predicted molar refractivity (Wildman–Crippen MR) is 79.4 cm³/mol. The van der Waals surface area contributed by atoms with Crippen LogP contribution in [0.2, 0.25) is 5.02 Å². The Morgan fingerprint density at radius 3 is 3.05 bits per heavy atom. The van der Waals surface area contributed by atoms with Crippen LogP contribution in [0.15, 0.2) is 23.0 Å². The van der Waals surface area contributed by atoms with Crippen LogP contribution in [0.25, 0.3) is 0 Å². The zero-order valence-electron chi connectivity index (χ0n) is 11.6. The molecule has 1 aliphatic heterocycles. The first-order valence-corrected chi connectivity index (χ1v) is 7.51. The number of aromatic nitrogens is 3. The van der Waals surface area contributed by atoms with Crippen LogP contribution < -0.4 is 5.69 Å². The van der Waals surface area contributed by atoms with Gasteiger partial charge in [-0.15, -0.1) is 0 Å². The summed E-state index contributed by atoms with van der Waals surface area (Å²) in [6.07, 6.45) is 3.53. The molecule has 106 valence electrons. The van der Waals surface area contributed by atoms with E-state index >= 15 is 0 Å². The van der Waals surface area contributed by atoms with Crippen LogP contribution in [-0.4, -0.2) is 14.3 Å². The first kappa shape index (κ1) is 13.4. The van der Waals surface area contributed by atoms with Crippen molar-refractivity contribution >= 4 is 11.6 Å². The Kier molecular flexibility index (Phi) is 3.66. The average molecular weight is 292 g/mol. The van der Waals surface area contributed by atoms with Crippen molar-refractivity contribution in [2.24, 2.45) is 0 Å². The summed E-state index contributed by atoms with van der Waals surface area (Å²) in [6, 6.07) is 5.95. The molecule has 0 saturated heterocycles. The number of nitrogens with zero attached hydrogens (tertiary/aromatic N) is 3. The van der Waals surface area contributed by atoms with E-state index in [1.807, 2.05) is 12.1 Å². The Morgan fingerprint density at radius 1 is 1.40 bits per heavy atom. The third-order valence-corrected chi connectivity index (χ3v) is 4.23. The highest BCUT2D eigenvalue weighted by molar-refractivity contribution is 6.31. The van der Waals surface area contributed by atoms with Gasteiger partial charge in [0.1, 0.15) is 5.82 Å². The number of halogens is 1. The Morgan fingerprint density at radius 2 is 2.25 bits per heavy atom. The van der Waals surface area contributed by atoms with Crippen LogP contribution in [-0.2, 0) is 25.9 Å². The summed E-state index contributed by atoms with van der Waals surface area (Å²) < 4.78 is 3.40. The van der Waals surface area contributed by atoms with E-state index in [4.69, 9.17) is 11.6 Å². The first-order chi connectivity index (χ1) is 9.70. The third kappa shape index (κ3) is 2.29. The van der Waals surface area contributed by atoms with Gasteiger partial charge in [0.15, 0.2) is 0 Å². The molecule has 0 amide bonds. The highest BCUT2D eigenvalue weighted by Crippen LogP contribution is 2.25. The predicted octanol–water partition coefficient (Wildman–Crippen LogP) is 2.65. The van der Waals surface area contributed by atoms with E-state index < -0.39 is 0 Å². The molecule has 0 spiro atoms. The summed E-state index contributed by atoms with van der Waals surface area (Å²) in [6.45, 7) is 3.49. The van der Waals surface area contributed by atoms with E-state index in [9.17, 15) is 4.79 Å². The SMILES string of the molecule is CCCCn1nc2n(c1=O)CCc1c(Cl)cccc1C2. The minimum Gasteiger partial charge on any atom is -0.278 e. The normalized spacial score (nSPS) is 13.7. The maximum atomic E-state index is 12.3. The van der Waals surface area contributed by atoms with Crippen LogP contribution in [0.5, 0.6) is 0 Å². The van der Waals surface area contributed by atoms with Crippen LogP contribution in [0.3, 0.4) is 0 Å². The summed E-state index contributed by atoms with van der Waals surface area (Å²) in [5, 5.41) is 5.29. The first-order valence-electron chi connectivity index (χ1n) is 7.13. The molecule has 1 aromatic heterocycles. The molecule has 1 aromatic carbocycles. The van der Waals surface area contributed by atoms with Gasteiger partial charge >= 0.3 is 5.69 Å². The standard InChI is InChI=1S/C15H18ClN3O/c1-2-3-8-19-15(20)18-9-7-12-11(10-14(18)17-19)5-4-6-13(12)16/h4-6H,2-3,7-10H2,1H3. The topological polar surface area (TPSA) is 39.8 Å². The van der Waals surface area contributed by atoms with E-state index in [0.717, 1.165) is 35.7 Å². The second-order valence-electron chi connectivity index (χ2n) is 5.23. The molecule has 0 saturated carbocycles. The number of rotatable bonds is 3. The van der Waals surface area contributed by atoms with Crippen LogP contribution >= 0.6 is 11.6 Å². The molecule has 2 aromatic rings. The summed E-state index contributed by atoms with van der Waals surface area (Å²) in [4.78, 5) is 12.3. The highest BCUT2D eigenvalue weighted by atomic mass is 35.5. The number of fused-ring (bicyclic) bond motifs is 2. The number of aryl methyl sites for hydroxylation is 1. The minimum absolute atomic E-state index is 0.0115. The van der Waals surface area contributed by atoms with Crippen molar-refractivity contribution in [3.8, 4) is 0 Å². The zero-order chi connectivity index (χ0) is 14.1. The maximum absolute atomic E-state index is 12.3. The fraction of sp³-hybridized carbons (Fsp3) is 0.467. The Balaban J connectivity index is 1.99. The minimum atomic E-state index is 0.0115. The van der Waals surface area contributed by atoms with Gasteiger partial charge in [-0.05, 0) is 30.0 Å². The summed E-state index contributed by atoms with van der Waals surface area (Å²) in [7, 11) is 0. The number of benzene rings is 1. The van der Waals surface area contributed by atoms with E-state index in [1.54, 1.807) is 9.25 Å². The van der Waals surface area contributed by atoms with E-state index in [1.165, 1.54) is 5.56 Å². The quantitative estimate of drug-likeness (QED) is 0.872. The van der Waals surface area contributed by atoms with Gasteiger partial charge in [0.25, 0.3) is 0 Å². The van der Waals surface area contributed by atoms with Crippen molar-refractivity contribution in [2.75, 3.05) is 0 Å². The van der Waals surface area contributed by atoms with Gasteiger partial charge in [-0.25, -0.2) is 9.48 Å². The molecule has 0 N–H and O–H groups in total. The summed E-state index contributed by atoms with van der Waals surface area (Å²) in [5.74, 6) is 0.854. The van der Waals surface area contributed by atoms with Gasteiger partial charge in [0.2, 0.25) is 0 Å². The molecular formula is C15H18ClN3O. The molecule has 0 atom stereocenters. The molecule has 4 nitrogen and oxygen atoms in total. The maximum Gasteiger partial charge on any atom is 0.345 e. The van der Waals surface area contributed by atoms with E-state index in [0.29, 0.717) is 19.5 Å². The number of hydrogen-bond donors (Lipinski definition) is 0. The number of hydrogen-bond acceptors (Lipinski definition) is 2. The smallest absolute Gasteiger partial charge is 0.278 e. The molecule has 20 heavy (non-hydrogen) atoms. The van der Waals surface area contributed by atoms with Crippen molar-refractivity contribution in [1.82, 2.24) is 14.3 Å². The molecular weight excluding hydrogens is 274 g/mol. The molecule has 3 rings (SSSR count). The van der Waals surface area contributed by atoms with Crippen LogP contribution in [0.4, 0.5) is 0 Å².